The second kappa shape index (κ2) is 5.52. The summed E-state index contributed by atoms with van der Waals surface area (Å²) < 4.78 is 11.0. The molecule has 5 heteroatoms. The molecule has 0 saturated heterocycles. The zero-order chi connectivity index (χ0) is 14.8. The normalized spacial score (nSPS) is 16.6. The molecule has 22 heavy (non-hydrogen) atoms. The van der Waals surface area contributed by atoms with E-state index in [9.17, 15) is 0 Å². The van der Waals surface area contributed by atoms with Gasteiger partial charge in [0.2, 0.25) is 0 Å². The Labute approximate surface area is 127 Å². The summed E-state index contributed by atoms with van der Waals surface area (Å²) >= 11 is 0. The third-order valence-electron chi connectivity index (χ3n) is 3.71. The van der Waals surface area contributed by atoms with Gasteiger partial charge in [-0.25, -0.2) is 0 Å². The van der Waals surface area contributed by atoms with Crippen molar-refractivity contribution < 1.29 is 9.26 Å². The fraction of sp³-hybridized carbons (Fsp3) is 0.176. The molecule has 0 radical (unpaired) electrons. The van der Waals surface area contributed by atoms with E-state index in [0.717, 1.165) is 23.3 Å². The van der Waals surface area contributed by atoms with E-state index >= 15 is 0 Å². The van der Waals surface area contributed by atoms with Crippen LogP contribution in [0, 0.1) is 0 Å². The van der Waals surface area contributed by atoms with Crippen molar-refractivity contribution in [1.82, 2.24) is 10.1 Å². The Balaban J connectivity index is 1.57. The molecule has 5 nitrogen and oxygen atoms in total. The van der Waals surface area contributed by atoms with Crippen LogP contribution < -0.4 is 10.1 Å². The highest BCUT2D eigenvalue weighted by Crippen LogP contribution is 2.33. The summed E-state index contributed by atoms with van der Waals surface area (Å²) in [5.41, 5.74) is 2.04. The topological polar surface area (TPSA) is 60.2 Å². The molecule has 1 N–H and O–H groups in total. The minimum absolute atomic E-state index is 0.131. The summed E-state index contributed by atoms with van der Waals surface area (Å²) in [4.78, 5) is 4.42. The van der Waals surface area contributed by atoms with Gasteiger partial charge in [-0.15, -0.1) is 0 Å². The van der Waals surface area contributed by atoms with E-state index in [4.69, 9.17) is 9.26 Å². The molecule has 110 valence electrons. The molecular weight excluding hydrogens is 278 g/mol. The van der Waals surface area contributed by atoms with Crippen LogP contribution in [0.4, 0.5) is 5.95 Å². The highest BCUT2D eigenvalue weighted by molar-refractivity contribution is 5.54. The minimum atomic E-state index is 0.131. The van der Waals surface area contributed by atoms with Crippen LogP contribution in [0.5, 0.6) is 5.75 Å². The number of rotatable bonds is 3. The predicted molar refractivity (Wildman–Crippen MR) is 82.7 cm³/mol. The van der Waals surface area contributed by atoms with Gasteiger partial charge in [0.1, 0.15) is 5.75 Å². The smallest absolute Gasteiger partial charge is 0.264 e. The molecule has 0 spiro atoms. The van der Waals surface area contributed by atoms with Crippen molar-refractivity contribution in [2.75, 3.05) is 11.9 Å². The lowest BCUT2D eigenvalue weighted by molar-refractivity contribution is 0.274. The summed E-state index contributed by atoms with van der Waals surface area (Å²) in [5, 5.41) is 7.35. The van der Waals surface area contributed by atoms with E-state index in [0.29, 0.717) is 18.4 Å². The first kappa shape index (κ1) is 12.9. The molecule has 1 aromatic heterocycles. The number of nitrogens with zero attached hydrogens (tertiary/aromatic N) is 2. The first-order chi connectivity index (χ1) is 10.9. The van der Waals surface area contributed by atoms with Gasteiger partial charge in [-0.05, 0) is 23.4 Å². The minimum Gasteiger partial charge on any atom is -0.493 e. The zero-order valence-corrected chi connectivity index (χ0v) is 11.9. The molecule has 0 fully saturated rings. The lowest BCUT2D eigenvalue weighted by Gasteiger charge is -2.25. The van der Waals surface area contributed by atoms with Crippen LogP contribution in [0.15, 0.2) is 59.1 Å². The van der Waals surface area contributed by atoms with Gasteiger partial charge in [0, 0.05) is 17.5 Å². The second-order valence-electron chi connectivity index (χ2n) is 5.16. The fourth-order valence-corrected chi connectivity index (χ4v) is 2.63. The first-order valence-electron chi connectivity index (χ1n) is 7.27. The largest absolute Gasteiger partial charge is 0.493 e. The number of benzene rings is 2. The number of ether oxygens (including phenoxy) is 1. The zero-order valence-electron chi connectivity index (χ0n) is 11.9. The van der Waals surface area contributed by atoms with Gasteiger partial charge < -0.3 is 14.6 Å². The quantitative estimate of drug-likeness (QED) is 0.798. The Bertz CT molecular complexity index is 770. The molecule has 1 unspecified atom stereocenters. The van der Waals surface area contributed by atoms with Crippen molar-refractivity contribution in [3.05, 3.63) is 60.2 Å². The Morgan fingerprint density at radius 1 is 1.00 bits per heavy atom. The molecule has 3 aromatic rings. The predicted octanol–water partition coefficient (Wildman–Crippen LogP) is 3.67. The average Bonchev–Trinajstić information content (AvgIpc) is 3.05. The van der Waals surface area contributed by atoms with Gasteiger partial charge in [0.25, 0.3) is 11.8 Å². The number of para-hydroxylation sites is 1. The number of anilines is 1. The highest BCUT2D eigenvalue weighted by atomic mass is 16.5. The third kappa shape index (κ3) is 2.41. The molecule has 0 aliphatic carbocycles. The third-order valence-corrected chi connectivity index (χ3v) is 3.71. The van der Waals surface area contributed by atoms with Gasteiger partial charge in [0.05, 0.1) is 12.6 Å². The summed E-state index contributed by atoms with van der Waals surface area (Å²) in [5.74, 6) is 1.93. The van der Waals surface area contributed by atoms with E-state index in [1.165, 1.54) is 0 Å². The molecule has 0 saturated carbocycles. The average molecular weight is 293 g/mol. The summed E-state index contributed by atoms with van der Waals surface area (Å²) in [6.45, 7) is 0.679. The van der Waals surface area contributed by atoms with Gasteiger partial charge in [-0.1, -0.05) is 36.4 Å². The highest BCUT2D eigenvalue weighted by Gasteiger charge is 2.22. The van der Waals surface area contributed by atoms with E-state index in [1.54, 1.807) is 0 Å². The molecule has 1 atom stereocenters. The fourth-order valence-electron chi connectivity index (χ4n) is 2.63. The maximum Gasteiger partial charge on any atom is 0.264 e. The van der Waals surface area contributed by atoms with E-state index < -0.39 is 0 Å². The van der Waals surface area contributed by atoms with Crippen LogP contribution in [0.3, 0.4) is 0 Å². The van der Waals surface area contributed by atoms with Crippen molar-refractivity contribution >= 4 is 5.95 Å². The van der Waals surface area contributed by atoms with Crippen LogP contribution in [0.2, 0.25) is 0 Å². The van der Waals surface area contributed by atoms with Crippen molar-refractivity contribution in [3.8, 4) is 17.2 Å². The van der Waals surface area contributed by atoms with Crippen LogP contribution in [0.1, 0.15) is 18.0 Å². The SMILES string of the molecule is c1ccc(-c2nc(NC3CCOc4ccccc43)no2)cc1. The van der Waals surface area contributed by atoms with Crippen LogP contribution >= 0.6 is 0 Å². The van der Waals surface area contributed by atoms with Gasteiger partial charge in [-0.3, -0.25) is 0 Å². The molecule has 0 amide bonds. The molecule has 4 rings (SSSR count). The number of aromatic nitrogens is 2. The van der Waals surface area contributed by atoms with Gasteiger partial charge in [0.15, 0.2) is 0 Å². The van der Waals surface area contributed by atoms with Crippen LogP contribution in [-0.4, -0.2) is 16.7 Å². The molecule has 1 aliphatic rings. The van der Waals surface area contributed by atoms with E-state index in [1.807, 2.05) is 48.5 Å². The van der Waals surface area contributed by atoms with Crippen molar-refractivity contribution in [2.45, 2.75) is 12.5 Å². The van der Waals surface area contributed by atoms with E-state index in [2.05, 4.69) is 21.5 Å². The number of hydrogen-bond acceptors (Lipinski definition) is 5. The molecule has 2 aromatic carbocycles. The Kier molecular flexibility index (Phi) is 3.23. The van der Waals surface area contributed by atoms with Crippen molar-refractivity contribution in [1.29, 1.82) is 0 Å². The first-order valence-corrected chi connectivity index (χ1v) is 7.27. The molecular formula is C17H15N3O2. The Morgan fingerprint density at radius 2 is 1.82 bits per heavy atom. The Hall–Kier alpha value is -2.82. The van der Waals surface area contributed by atoms with Gasteiger partial charge in [-0.2, -0.15) is 4.98 Å². The lowest BCUT2D eigenvalue weighted by atomic mass is 10.0. The van der Waals surface area contributed by atoms with Crippen LogP contribution in [-0.2, 0) is 0 Å². The van der Waals surface area contributed by atoms with Gasteiger partial charge >= 0.3 is 0 Å². The van der Waals surface area contributed by atoms with Crippen LogP contribution in [0.25, 0.3) is 11.5 Å². The lowest BCUT2D eigenvalue weighted by Crippen LogP contribution is -2.20. The maximum absolute atomic E-state index is 5.66. The maximum atomic E-state index is 5.66. The monoisotopic (exact) mass is 293 g/mol. The molecule has 0 bridgehead atoms. The number of fused-ring (bicyclic) bond motifs is 1. The second-order valence-corrected chi connectivity index (χ2v) is 5.16. The molecule has 1 aliphatic heterocycles. The van der Waals surface area contributed by atoms with E-state index in [-0.39, 0.29) is 6.04 Å². The summed E-state index contributed by atoms with van der Waals surface area (Å²) in [7, 11) is 0. The summed E-state index contributed by atoms with van der Waals surface area (Å²) in [6, 6.07) is 17.9. The van der Waals surface area contributed by atoms with Crippen molar-refractivity contribution in [3.63, 3.8) is 0 Å². The van der Waals surface area contributed by atoms with Crippen molar-refractivity contribution in [2.24, 2.45) is 0 Å². The molecule has 2 heterocycles. The summed E-state index contributed by atoms with van der Waals surface area (Å²) in [6.07, 6.45) is 0.867. The Morgan fingerprint density at radius 3 is 2.73 bits per heavy atom. The number of hydrogen-bond donors (Lipinski definition) is 1. The standard InChI is InChI=1S/C17H15N3O2/c1-2-6-12(7-3-1)16-19-17(20-22-16)18-14-10-11-21-15-9-5-4-8-13(14)15/h1-9,14H,10-11H2,(H,18,20). The number of nitrogens with one attached hydrogen (secondary N) is 1.